The molecule has 0 radical (unpaired) electrons. The monoisotopic (exact) mass is 263 g/mol. The van der Waals surface area contributed by atoms with Crippen LogP contribution in [0.3, 0.4) is 0 Å². The molecular formula is C12H17N5O2. The van der Waals surface area contributed by atoms with Gasteiger partial charge in [-0.25, -0.2) is 4.98 Å². The van der Waals surface area contributed by atoms with Gasteiger partial charge in [0.2, 0.25) is 11.7 Å². The Morgan fingerprint density at radius 2 is 2.21 bits per heavy atom. The number of aryl methyl sites for hydroxylation is 1. The molecule has 7 nitrogen and oxygen atoms in total. The number of hydrogen-bond acceptors (Lipinski definition) is 4. The minimum Gasteiger partial charge on any atom is -0.342 e. The van der Waals surface area contributed by atoms with Crippen LogP contribution in [-0.2, 0) is 11.8 Å². The van der Waals surface area contributed by atoms with Crippen LogP contribution in [0.25, 0.3) is 0 Å². The molecule has 102 valence electrons. The standard InChI is InChI=1S/C12H17N5O2/c1-3-16-4-8-5-17(6-9(8)11(16)18)12(19)10-13-7-15(2)14-10/h7-9H,3-6H2,1-2H3/t8-,9+/m1/s1. The number of aromatic nitrogens is 3. The maximum Gasteiger partial charge on any atom is 0.293 e. The Hall–Kier alpha value is -1.92. The van der Waals surface area contributed by atoms with Gasteiger partial charge >= 0.3 is 0 Å². The molecule has 3 heterocycles. The fourth-order valence-corrected chi connectivity index (χ4v) is 2.97. The third-order valence-electron chi connectivity index (χ3n) is 3.98. The zero-order valence-corrected chi connectivity index (χ0v) is 11.1. The SMILES string of the molecule is CCN1C[C@@H]2CN(C(=O)c3ncn(C)n3)C[C@@H]2C1=O. The molecule has 0 N–H and O–H groups in total. The Morgan fingerprint density at radius 3 is 2.79 bits per heavy atom. The van der Waals surface area contributed by atoms with E-state index in [2.05, 4.69) is 10.1 Å². The lowest BCUT2D eigenvalue weighted by Crippen LogP contribution is -2.36. The number of fused-ring (bicyclic) bond motifs is 1. The van der Waals surface area contributed by atoms with E-state index < -0.39 is 0 Å². The van der Waals surface area contributed by atoms with Crippen molar-refractivity contribution < 1.29 is 9.59 Å². The first-order chi connectivity index (χ1) is 9.10. The molecule has 2 atom stereocenters. The Morgan fingerprint density at radius 1 is 1.42 bits per heavy atom. The number of likely N-dealkylation sites (tertiary alicyclic amines) is 2. The van der Waals surface area contributed by atoms with E-state index in [0.717, 1.165) is 13.1 Å². The van der Waals surface area contributed by atoms with Crippen molar-refractivity contribution in [3.05, 3.63) is 12.2 Å². The van der Waals surface area contributed by atoms with Crippen molar-refractivity contribution in [2.75, 3.05) is 26.2 Å². The smallest absolute Gasteiger partial charge is 0.293 e. The summed E-state index contributed by atoms with van der Waals surface area (Å²) in [4.78, 5) is 31.8. The third-order valence-corrected chi connectivity index (χ3v) is 3.98. The van der Waals surface area contributed by atoms with Gasteiger partial charge in [-0.1, -0.05) is 0 Å². The van der Waals surface area contributed by atoms with E-state index in [0.29, 0.717) is 13.1 Å². The summed E-state index contributed by atoms with van der Waals surface area (Å²) in [7, 11) is 1.73. The van der Waals surface area contributed by atoms with Gasteiger partial charge in [0.1, 0.15) is 6.33 Å². The molecule has 0 aliphatic carbocycles. The highest BCUT2D eigenvalue weighted by Crippen LogP contribution is 2.32. The zero-order valence-electron chi connectivity index (χ0n) is 11.1. The summed E-state index contributed by atoms with van der Waals surface area (Å²) in [5, 5.41) is 4.02. The number of hydrogen-bond donors (Lipinski definition) is 0. The second-order valence-electron chi connectivity index (χ2n) is 5.20. The molecule has 3 rings (SSSR count). The maximum absolute atomic E-state index is 12.2. The lowest BCUT2D eigenvalue weighted by molar-refractivity contribution is -0.130. The molecule has 19 heavy (non-hydrogen) atoms. The van der Waals surface area contributed by atoms with Crippen LogP contribution in [0.1, 0.15) is 17.5 Å². The largest absolute Gasteiger partial charge is 0.342 e. The first-order valence-corrected chi connectivity index (χ1v) is 6.54. The Kier molecular flexibility index (Phi) is 2.76. The van der Waals surface area contributed by atoms with Crippen molar-refractivity contribution >= 4 is 11.8 Å². The minimum absolute atomic E-state index is 0.0346. The predicted molar refractivity (Wildman–Crippen MR) is 66.1 cm³/mol. The van der Waals surface area contributed by atoms with Crippen LogP contribution in [-0.4, -0.2) is 62.6 Å². The summed E-state index contributed by atoms with van der Waals surface area (Å²) in [5.41, 5.74) is 0. The van der Waals surface area contributed by atoms with E-state index in [1.807, 2.05) is 11.8 Å². The van der Waals surface area contributed by atoms with Crippen LogP contribution in [0.5, 0.6) is 0 Å². The topological polar surface area (TPSA) is 71.3 Å². The summed E-state index contributed by atoms with van der Waals surface area (Å²) in [6.45, 7) is 4.63. The van der Waals surface area contributed by atoms with Gasteiger partial charge in [0.15, 0.2) is 0 Å². The van der Waals surface area contributed by atoms with Gasteiger partial charge in [0.05, 0.1) is 5.92 Å². The highest BCUT2D eigenvalue weighted by atomic mass is 16.2. The van der Waals surface area contributed by atoms with E-state index in [-0.39, 0.29) is 29.5 Å². The highest BCUT2D eigenvalue weighted by Gasteiger charge is 2.47. The van der Waals surface area contributed by atoms with E-state index in [9.17, 15) is 9.59 Å². The summed E-state index contributed by atoms with van der Waals surface area (Å²) in [6.07, 6.45) is 1.51. The molecule has 2 aliphatic rings. The van der Waals surface area contributed by atoms with Crippen molar-refractivity contribution in [2.45, 2.75) is 6.92 Å². The zero-order chi connectivity index (χ0) is 13.6. The van der Waals surface area contributed by atoms with Crippen molar-refractivity contribution in [3.63, 3.8) is 0 Å². The summed E-state index contributed by atoms with van der Waals surface area (Å²) in [6, 6.07) is 0. The van der Waals surface area contributed by atoms with E-state index in [4.69, 9.17) is 0 Å². The van der Waals surface area contributed by atoms with Crippen LogP contribution in [0.4, 0.5) is 0 Å². The van der Waals surface area contributed by atoms with Gasteiger partial charge in [-0.15, -0.1) is 5.10 Å². The molecule has 1 aromatic rings. The molecule has 2 fully saturated rings. The number of carbonyl (C=O) groups is 2. The summed E-state index contributed by atoms with van der Waals surface area (Å²) in [5.74, 6) is 0.442. The van der Waals surface area contributed by atoms with Crippen molar-refractivity contribution in [1.29, 1.82) is 0 Å². The number of amides is 2. The quantitative estimate of drug-likeness (QED) is 0.712. The normalized spacial score (nSPS) is 26.1. The molecule has 2 amide bonds. The second kappa shape index (κ2) is 4.32. The molecule has 7 heteroatoms. The lowest BCUT2D eigenvalue weighted by atomic mass is 10.0. The van der Waals surface area contributed by atoms with E-state index >= 15 is 0 Å². The lowest BCUT2D eigenvalue weighted by Gasteiger charge is -2.19. The Labute approximate surface area is 111 Å². The highest BCUT2D eigenvalue weighted by molar-refractivity contribution is 5.92. The van der Waals surface area contributed by atoms with Gasteiger partial charge in [-0.05, 0) is 6.92 Å². The molecule has 0 aromatic carbocycles. The number of nitrogens with zero attached hydrogens (tertiary/aromatic N) is 5. The van der Waals surface area contributed by atoms with Gasteiger partial charge in [-0.3, -0.25) is 14.3 Å². The van der Waals surface area contributed by atoms with Gasteiger partial charge < -0.3 is 9.80 Å². The predicted octanol–water partition coefficient (Wildman–Crippen LogP) is -0.635. The maximum atomic E-state index is 12.2. The van der Waals surface area contributed by atoms with E-state index in [1.54, 1.807) is 11.9 Å². The average molecular weight is 263 g/mol. The number of carbonyl (C=O) groups excluding carboxylic acids is 2. The molecule has 2 saturated heterocycles. The Bertz CT molecular complexity index is 526. The summed E-state index contributed by atoms with van der Waals surface area (Å²) < 4.78 is 1.51. The average Bonchev–Trinajstić information content (AvgIpc) is 3.05. The Balaban J connectivity index is 1.71. The van der Waals surface area contributed by atoms with Gasteiger partial charge in [0.25, 0.3) is 5.91 Å². The fourth-order valence-electron chi connectivity index (χ4n) is 2.97. The number of rotatable bonds is 2. The van der Waals surface area contributed by atoms with Crippen molar-refractivity contribution in [2.24, 2.45) is 18.9 Å². The van der Waals surface area contributed by atoms with Gasteiger partial charge in [0, 0.05) is 39.1 Å². The van der Waals surface area contributed by atoms with Crippen molar-refractivity contribution in [1.82, 2.24) is 24.6 Å². The van der Waals surface area contributed by atoms with E-state index in [1.165, 1.54) is 11.0 Å². The minimum atomic E-state index is -0.175. The second-order valence-corrected chi connectivity index (χ2v) is 5.20. The molecule has 0 saturated carbocycles. The molecule has 0 unspecified atom stereocenters. The fraction of sp³-hybridized carbons (Fsp3) is 0.667. The van der Waals surface area contributed by atoms with Gasteiger partial charge in [-0.2, -0.15) is 0 Å². The molecular weight excluding hydrogens is 246 g/mol. The van der Waals surface area contributed by atoms with Crippen LogP contribution in [0, 0.1) is 11.8 Å². The molecule has 0 spiro atoms. The molecule has 2 aliphatic heterocycles. The van der Waals surface area contributed by atoms with Crippen LogP contribution in [0.2, 0.25) is 0 Å². The van der Waals surface area contributed by atoms with Crippen LogP contribution < -0.4 is 0 Å². The van der Waals surface area contributed by atoms with Crippen LogP contribution >= 0.6 is 0 Å². The molecule has 1 aromatic heterocycles. The first kappa shape index (κ1) is 12.1. The molecule has 0 bridgehead atoms. The first-order valence-electron chi connectivity index (χ1n) is 6.54. The van der Waals surface area contributed by atoms with Crippen LogP contribution in [0.15, 0.2) is 6.33 Å². The van der Waals surface area contributed by atoms with Crippen molar-refractivity contribution in [3.8, 4) is 0 Å². The summed E-state index contributed by atoms with van der Waals surface area (Å²) >= 11 is 0. The third kappa shape index (κ3) is 1.89.